The summed E-state index contributed by atoms with van der Waals surface area (Å²) in [6.07, 6.45) is 1.71. The van der Waals surface area contributed by atoms with E-state index in [0.717, 1.165) is 17.7 Å². The van der Waals surface area contributed by atoms with Crippen molar-refractivity contribution in [2.24, 2.45) is 0 Å². The van der Waals surface area contributed by atoms with Crippen LogP contribution in [0.2, 0.25) is 0 Å². The molecule has 0 unspecified atom stereocenters. The fourth-order valence-electron chi connectivity index (χ4n) is 1.66. The van der Waals surface area contributed by atoms with Crippen molar-refractivity contribution in [3.8, 4) is 0 Å². The van der Waals surface area contributed by atoms with Crippen LogP contribution >= 0.6 is 11.6 Å². The van der Waals surface area contributed by atoms with Gasteiger partial charge < -0.3 is 0 Å². The van der Waals surface area contributed by atoms with Gasteiger partial charge in [-0.3, -0.25) is 0 Å². The summed E-state index contributed by atoms with van der Waals surface area (Å²) in [6.45, 7) is 0. The molecule has 0 amide bonds. The Kier molecular flexibility index (Phi) is 4.27. The number of rotatable bonds is 3. The molecular weight excluding hydrogens is 273 g/mol. The second-order valence-electron chi connectivity index (χ2n) is 3.98. The van der Waals surface area contributed by atoms with Crippen LogP contribution in [-0.4, -0.2) is 5.88 Å². The Hall–Kier alpha value is -1.74. The highest BCUT2D eigenvalue weighted by molar-refractivity contribution is 6.24. The number of halogens is 4. The molecule has 19 heavy (non-hydrogen) atoms. The Balaban J connectivity index is 2.38. The van der Waals surface area contributed by atoms with Crippen molar-refractivity contribution in [3.05, 3.63) is 71.0 Å². The first-order valence-corrected chi connectivity index (χ1v) is 6.11. The first-order chi connectivity index (χ1) is 9.10. The Morgan fingerprint density at radius 2 is 1.63 bits per heavy atom. The summed E-state index contributed by atoms with van der Waals surface area (Å²) < 4.78 is 38.8. The molecule has 0 heterocycles. The number of alkyl halides is 1. The van der Waals surface area contributed by atoms with Crippen LogP contribution in [0.3, 0.4) is 0 Å². The molecule has 2 aromatic rings. The molecule has 98 valence electrons. The van der Waals surface area contributed by atoms with Crippen molar-refractivity contribution in [1.82, 2.24) is 0 Å². The summed E-state index contributed by atoms with van der Waals surface area (Å²) >= 11 is 5.82. The van der Waals surface area contributed by atoms with Crippen molar-refractivity contribution in [1.29, 1.82) is 0 Å². The minimum Gasteiger partial charge on any atom is -0.207 e. The molecule has 2 rings (SSSR count). The predicted molar refractivity (Wildman–Crippen MR) is 71.3 cm³/mol. The maximum atomic E-state index is 13.2. The zero-order chi connectivity index (χ0) is 13.8. The van der Waals surface area contributed by atoms with E-state index in [4.69, 9.17) is 11.6 Å². The second-order valence-corrected chi connectivity index (χ2v) is 4.25. The number of hydrogen-bond acceptors (Lipinski definition) is 0. The predicted octanol–water partition coefficient (Wildman–Crippen LogP) is 4.88. The quantitative estimate of drug-likeness (QED) is 0.556. The van der Waals surface area contributed by atoms with Gasteiger partial charge in [-0.05, 0) is 47.0 Å². The summed E-state index contributed by atoms with van der Waals surface area (Å²) in [5, 5.41) is 0. The number of benzene rings is 2. The summed E-state index contributed by atoms with van der Waals surface area (Å²) in [4.78, 5) is 0. The molecule has 0 bridgehead atoms. The minimum absolute atomic E-state index is 0.141. The molecular formula is C15H10ClF3. The van der Waals surface area contributed by atoms with Gasteiger partial charge in [-0.2, -0.15) is 0 Å². The fourth-order valence-corrected chi connectivity index (χ4v) is 1.89. The molecule has 0 aromatic heterocycles. The van der Waals surface area contributed by atoms with Gasteiger partial charge in [0.2, 0.25) is 0 Å². The number of allylic oxidation sites excluding steroid dienone is 1. The Morgan fingerprint density at radius 1 is 0.947 bits per heavy atom. The van der Waals surface area contributed by atoms with Crippen LogP contribution in [0.4, 0.5) is 13.2 Å². The van der Waals surface area contributed by atoms with Gasteiger partial charge in [0.1, 0.15) is 5.82 Å². The maximum absolute atomic E-state index is 13.2. The third-order valence-electron chi connectivity index (χ3n) is 2.65. The monoisotopic (exact) mass is 282 g/mol. The minimum atomic E-state index is -0.923. The van der Waals surface area contributed by atoms with Crippen molar-refractivity contribution in [2.45, 2.75) is 0 Å². The highest BCUT2D eigenvalue weighted by atomic mass is 35.5. The van der Waals surface area contributed by atoms with Crippen LogP contribution in [-0.2, 0) is 0 Å². The van der Waals surface area contributed by atoms with Crippen LogP contribution in [0.25, 0.3) is 11.6 Å². The molecule has 0 aliphatic heterocycles. The Bertz CT molecular complexity index is 603. The van der Waals surface area contributed by atoms with E-state index in [2.05, 4.69) is 0 Å². The topological polar surface area (TPSA) is 0 Å². The first kappa shape index (κ1) is 13.7. The molecule has 0 fully saturated rings. The molecule has 0 spiro atoms. The van der Waals surface area contributed by atoms with E-state index in [1.165, 1.54) is 18.2 Å². The van der Waals surface area contributed by atoms with E-state index in [9.17, 15) is 13.2 Å². The van der Waals surface area contributed by atoms with Crippen molar-refractivity contribution < 1.29 is 13.2 Å². The summed E-state index contributed by atoms with van der Waals surface area (Å²) in [7, 11) is 0. The third kappa shape index (κ3) is 3.38. The van der Waals surface area contributed by atoms with Gasteiger partial charge in [-0.1, -0.05) is 18.2 Å². The smallest absolute Gasteiger partial charge is 0.159 e. The van der Waals surface area contributed by atoms with Crippen molar-refractivity contribution in [3.63, 3.8) is 0 Å². The zero-order valence-corrected chi connectivity index (χ0v) is 10.6. The molecule has 0 aliphatic carbocycles. The van der Waals surface area contributed by atoms with Crippen molar-refractivity contribution >= 4 is 23.3 Å². The molecule has 0 radical (unpaired) electrons. The molecule has 0 N–H and O–H groups in total. The van der Waals surface area contributed by atoms with Gasteiger partial charge in [0.15, 0.2) is 11.6 Å². The standard InChI is InChI=1S/C15H10ClF3/c16-9-12(7-10-1-4-13(17)5-2-10)11-3-6-14(18)15(19)8-11/h1-8H,9H2/b12-7+. The summed E-state index contributed by atoms with van der Waals surface area (Å²) in [6, 6.07) is 9.41. The fraction of sp³-hybridized carbons (Fsp3) is 0.0667. The molecule has 2 aromatic carbocycles. The van der Waals surface area contributed by atoms with Crippen LogP contribution in [0.15, 0.2) is 42.5 Å². The van der Waals surface area contributed by atoms with Gasteiger partial charge >= 0.3 is 0 Å². The largest absolute Gasteiger partial charge is 0.207 e. The van der Waals surface area contributed by atoms with Crippen LogP contribution in [0.5, 0.6) is 0 Å². The SMILES string of the molecule is Fc1ccc(/C=C(\CCl)c2ccc(F)c(F)c2)cc1. The van der Waals surface area contributed by atoms with Gasteiger partial charge in [-0.15, -0.1) is 11.6 Å². The summed E-state index contributed by atoms with van der Waals surface area (Å²) in [5.74, 6) is -2.02. The van der Waals surface area contributed by atoms with Crippen molar-refractivity contribution in [2.75, 3.05) is 5.88 Å². The molecule has 0 saturated heterocycles. The van der Waals surface area contributed by atoms with E-state index in [0.29, 0.717) is 11.1 Å². The summed E-state index contributed by atoms with van der Waals surface area (Å²) in [5.41, 5.74) is 1.87. The lowest BCUT2D eigenvalue weighted by atomic mass is 10.0. The zero-order valence-electron chi connectivity index (χ0n) is 9.84. The van der Waals surface area contributed by atoms with Gasteiger partial charge in [0.25, 0.3) is 0 Å². The Labute approximate surface area is 114 Å². The van der Waals surface area contributed by atoms with E-state index < -0.39 is 11.6 Å². The molecule has 0 nitrogen and oxygen atoms in total. The highest BCUT2D eigenvalue weighted by Gasteiger charge is 2.06. The lowest BCUT2D eigenvalue weighted by Crippen LogP contribution is -1.91. The average Bonchev–Trinajstić information content (AvgIpc) is 2.41. The van der Waals surface area contributed by atoms with Crippen LogP contribution in [0, 0.1) is 17.5 Å². The average molecular weight is 283 g/mol. The van der Waals surface area contributed by atoms with Crippen LogP contribution in [0.1, 0.15) is 11.1 Å². The third-order valence-corrected chi connectivity index (χ3v) is 2.93. The van der Waals surface area contributed by atoms with E-state index in [1.807, 2.05) is 0 Å². The highest BCUT2D eigenvalue weighted by Crippen LogP contribution is 2.21. The van der Waals surface area contributed by atoms with Gasteiger partial charge in [-0.25, -0.2) is 13.2 Å². The van der Waals surface area contributed by atoms with E-state index in [1.54, 1.807) is 18.2 Å². The molecule has 0 aliphatic rings. The van der Waals surface area contributed by atoms with Gasteiger partial charge in [0.05, 0.1) is 0 Å². The Morgan fingerprint density at radius 3 is 2.21 bits per heavy atom. The lowest BCUT2D eigenvalue weighted by Gasteiger charge is -2.05. The molecule has 4 heteroatoms. The maximum Gasteiger partial charge on any atom is 0.159 e. The number of hydrogen-bond donors (Lipinski definition) is 0. The molecule has 0 atom stereocenters. The van der Waals surface area contributed by atoms with E-state index >= 15 is 0 Å². The normalized spacial score (nSPS) is 11.7. The lowest BCUT2D eigenvalue weighted by molar-refractivity contribution is 0.508. The molecule has 0 saturated carbocycles. The first-order valence-electron chi connectivity index (χ1n) is 5.57. The van der Waals surface area contributed by atoms with Crippen LogP contribution < -0.4 is 0 Å². The van der Waals surface area contributed by atoms with Gasteiger partial charge in [0, 0.05) is 5.88 Å². The second kappa shape index (κ2) is 5.93. The van der Waals surface area contributed by atoms with E-state index in [-0.39, 0.29) is 11.7 Å².